The maximum atomic E-state index is 12.0. The molecule has 1 aromatic heterocycles. The third-order valence-corrected chi connectivity index (χ3v) is 3.04. The summed E-state index contributed by atoms with van der Waals surface area (Å²) in [4.78, 5) is 12.0. The van der Waals surface area contributed by atoms with Gasteiger partial charge in [-0.2, -0.15) is 10.2 Å². The largest absolute Gasteiger partial charge is 0.358 e. The lowest BCUT2D eigenvalue weighted by Crippen LogP contribution is -2.41. The van der Waals surface area contributed by atoms with E-state index in [9.17, 15) is 10.0 Å². The van der Waals surface area contributed by atoms with Gasteiger partial charge in [0.2, 0.25) is 0 Å². The number of nitrogens with one attached hydrogen (secondary N) is 1. The van der Waals surface area contributed by atoms with Gasteiger partial charge in [0, 0.05) is 18.9 Å². The number of fused-ring (bicyclic) bond motifs is 1. The van der Waals surface area contributed by atoms with E-state index >= 15 is 0 Å². The zero-order valence-electron chi connectivity index (χ0n) is 9.74. The Morgan fingerprint density at radius 3 is 2.83 bits per heavy atom. The molecule has 0 saturated heterocycles. The molecule has 2 N–H and O–H groups in total. The molecule has 1 atom stereocenters. The van der Waals surface area contributed by atoms with Gasteiger partial charge < -0.3 is 5.32 Å². The smallest absolute Gasteiger partial charge is 0.281 e. The number of rotatable bonds is 1. The Morgan fingerprint density at radius 2 is 2.11 bits per heavy atom. The van der Waals surface area contributed by atoms with Crippen LogP contribution in [0.5, 0.6) is 0 Å². The van der Waals surface area contributed by atoms with Crippen LogP contribution < -0.4 is 5.32 Å². The second kappa shape index (κ2) is 3.85. The third kappa shape index (κ3) is 1.46. The summed E-state index contributed by atoms with van der Waals surface area (Å²) >= 11 is 0. The van der Waals surface area contributed by atoms with Crippen molar-refractivity contribution >= 4 is 11.6 Å². The highest BCUT2D eigenvalue weighted by Crippen LogP contribution is 2.31. The SMILES string of the molecule is Cn1nccc1[C@@H]1Nc2ccccc2C(=O)N1O. The van der Waals surface area contributed by atoms with Gasteiger partial charge in [-0.25, -0.2) is 0 Å². The lowest BCUT2D eigenvalue weighted by atomic mass is 10.1. The van der Waals surface area contributed by atoms with Gasteiger partial charge in [0.15, 0.2) is 6.17 Å². The lowest BCUT2D eigenvalue weighted by Gasteiger charge is -2.33. The normalized spacial score (nSPS) is 18.4. The molecule has 92 valence electrons. The summed E-state index contributed by atoms with van der Waals surface area (Å²) in [6, 6.07) is 8.84. The standard InChI is InChI=1S/C12H12N4O2/c1-15-10(6-7-13-15)11-14-9-5-3-2-4-8(9)12(17)16(11)18/h2-7,11,14,18H,1H3/t11-/m1/s1. The Morgan fingerprint density at radius 1 is 1.33 bits per heavy atom. The summed E-state index contributed by atoms with van der Waals surface area (Å²) in [5, 5.41) is 17.8. The number of hydrogen-bond donors (Lipinski definition) is 2. The minimum Gasteiger partial charge on any atom is -0.358 e. The van der Waals surface area contributed by atoms with E-state index in [1.807, 2.05) is 12.1 Å². The van der Waals surface area contributed by atoms with Crippen LogP contribution in [-0.2, 0) is 7.05 Å². The minimum absolute atomic E-state index is 0.421. The number of benzene rings is 1. The van der Waals surface area contributed by atoms with E-state index in [0.717, 1.165) is 0 Å². The third-order valence-electron chi connectivity index (χ3n) is 3.04. The first-order chi connectivity index (χ1) is 8.68. The van der Waals surface area contributed by atoms with Gasteiger partial charge in [0.05, 0.1) is 11.3 Å². The molecular weight excluding hydrogens is 232 g/mol. The number of amides is 1. The van der Waals surface area contributed by atoms with E-state index < -0.39 is 12.1 Å². The molecule has 6 nitrogen and oxygen atoms in total. The van der Waals surface area contributed by atoms with Gasteiger partial charge >= 0.3 is 0 Å². The van der Waals surface area contributed by atoms with Gasteiger partial charge in [0.25, 0.3) is 5.91 Å². The van der Waals surface area contributed by atoms with Crippen LogP contribution in [0.3, 0.4) is 0 Å². The summed E-state index contributed by atoms with van der Waals surface area (Å²) in [6.07, 6.45) is 0.996. The topological polar surface area (TPSA) is 70.4 Å². The number of nitrogens with zero attached hydrogens (tertiary/aromatic N) is 3. The number of aromatic nitrogens is 2. The molecule has 3 rings (SSSR count). The van der Waals surface area contributed by atoms with E-state index in [0.29, 0.717) is 22.0 Å². The molecule has 1 aromatic carbocycles. The molecule has 18 heavy (non-hydrogen) atoms. The summed E-state index contributed by atoms with van der Waals surface area (Å²) in [6.45, 7) is 0. The van der Waals surface area contributed by atoms with Crippen molar-refractivity contribution in [2.45, 2.75) is 6.17 Å². The Hall–Kier alpha value is -2.34. The van der Waals surface area contributed by atoms with Crippen LogP contribution >= 0.6 is 0 Å². The fourth-order valence-electron chi connectivity index (χ4n) is 2.10. The van der Waals surface area contributed by atoms with Gasteiger partial charge in [0.1, 0.15) is 0 Å². The van der Waals surface area contributed by atoms with Gasteiger partial charge in [-0.1, -0.05) is 12.1 Å². The molecule has 0 aliphatic carbocycles. The van der Waals surface area contributed by atoms with E-state index in [-0.39, 0.29) is 0 Å². The molecule has 2 heterocycles. The quantitative estimate of drug-likeness (QED) is 0.743. The van der Waals surface area contributed by atoms with Crippen LogP contribution in [0.15, 0.2) is 36.5 Å². The summed E-state index contributed by atoms with van der Waals surface area (Å²) in [7, 11) is 1.76. The first kappa shape index (κ1) is 10.8. The molecule has 1 amide bonds. The van der Waals surface area contributed by atoms with Crippen molar-refractivity contribution in [1.82, 2.24) is 14.8 Å². The van der Waals surface area contributed by atoms with Crippen molar-refractivity contribution in [3.63, 3.8) is 0 Å². The van der Waals surface area contributed by atoms with E-state index in [2.05, 4.69) is 10.4 Å². The maximum absolute atomic E-state index is 12.0. The van der Waals surface area contributed by atoms with E-state index in [4.69, 9.17) is 0 Å². The van der Waals surface area contributed by atoms with Crippen LogP contribution in [0.1, 0.15) is 22.2 Å². The molecule has 1 aliphatic heterocycles. The first-order valence-electron chi connectivity index (χ1n) is 5.54. The van der Waals surface area contributed by atoms with Crippen LogP contribution in [-0.4, -0.2) is 26.0 Å². The van der Waals surface area contributed by atoms with Crippen molar-refractivity contribution in [3.05, 3.63) is 47.8 Å². The number of anilines is 1. The Labute approximate surface area is 103 Å². The molecule has 0 unspecified atom stereocenters. The van der Waals surface area contributed by atoms with Crippen LogP contribution in [0.25, 0.3) is 0 Å². The molecule has 0 fully saturated rings. The van der Waals surface area contributed by atoms with Crippen LogP contribution in [0.2, 0.25) is 0 Å². The average molecular weight is 244 g/mol. The number of hydrogen-bond acceptors (Lipinski definition) is 4. The predicted octanol–water partition coefficient (Wildman–Crippen LogP) is 1.38. The van der Waals surface area contributed by atoms with Crippen molar-refractivity contribution < 1.29 is 10.0 Å². The van der Waals surface area contributed by atoms with Gasteiger partial charge in [-0.05, 0) is 18.2 Å². The Balaban J connectivity index is 2.06. The molecule has 1 aliphatic rings. The molecule has 0 spiro atoms. The van der Waals surface area contributed by atoms with Crippen molar-refractivity contribution in [2.24, 2.45) is 7.05 Å². The van der Waals surface area contributed by atoms with Gasteiger partial charge in [-0.15, -0.1) is 0 Å². The number of carbonyl (C=O) groups is 1. The number of para-hydroxylation sites is 1. The van der Waals surface area contributed by atoms with Crippen molar-refractivity contribution in [2.75, 3.05) is 5.32 Å². The zero-order valence-corrected chi connectivity index (χ0v) is 9.74. The highest BCUT2D eigenvalue weighted by molar-refractivity contribution is 6.00. The highest BCUT2D eigenvalue weighted by atomic mass is 16.5. The predicted molar refractivity (Wildman–Crippen MR) is 64.0 cm³/mol. The number of carbonyl (C=O) groups excluding carboxylic acids is 1. The minimum atomic E-state index is -0.625. The Kier molecular flexibility index (Phi) is 2.31. The first-order valence-corrected chi connectivity index (χ1v) is 5.54. The zero-order chi connectivity index (χ0) is 12.7. The maximum Gasteiger partial charge on any atom is 0.281 e. The fraction of sp³-hybridized carbons (Fsp3) is 0.167. The van der Waals surface area contributed by atoms with Crippen LogP contribution in [0.4, 0.5) is 5.69 Å². The monoisotopic (exact) mass is 244 g/mol. The molecule has 6 heteroatoms. The van der Waals surface area contributed by atoms with Crippen LogP contribution in [0, 0.1) is 0 Å². The molecular formula is C12H12N4O2. The van der Waals surface area contributed by atoms with Crippen molar-refractivity contribution in [1.29, 1.82) is 0 Å². The average Bonchev–Trinajstić information content (AvgIpc) is 2.80. The highest BCUT2D eigenvalue weighted by Gasteiger charge is 2.33. The summed E-state index contributed by atoms with van der Waals surface area (Å²) in [5.41, 5.74) is 1.87. The van der Waals surface area contributed by atoms with E-state index in [1.165, 1.54) is 0 Å². The Bertz CT molecular complexity index is 608. The molecule has 0 bridgehead atoms. The second-order valence-electron chi connectivity index (χ2n) is 4.12. The van der Waals surface area contributed by atoms with E-state index in [1.54, 1.807) is 36.1 Å². The molecule has 0 radical (unpaired) electrons. The lowest BCUT2D eigenvalue weighted by molar-refractivity contribution is -0.0867. The fourth-order valence-corrected chi connectivity index (χ4v) is 2.10. The second-order valence-corrected chi connectivity index (χ2v) is 4.12. The summed E-state index contributed by atoms with van der Waals surface area (Å²) in [5.74, 6) is -0.421. The molecule has 0 saturated carbocycles. The van der Waals surface area contributed by atoms with Gasteiger partial charge in [-0.3, -0.25) is 14.7 Å². The summed E-state index contributed by atoms with van der Waals surface area (Å²) < 4.78 is 1.61. The number of aryl methyl sites for hydroxylation is 1. The number of hydroxylamine groups is 2. The molecule has 2 aromatic rings. The van der Waals surface area contributed by atoms with Crippen molar-refractivity contribution in [3.8, 4) is 0 Å².